The number of hydrogen-bond donors (Lipinski definition) is 2. The zero-order valence-corrected chi connectivity index (χ0v) is 19.1. The number of anilines is 1. The number of aliphatic imine (C=N–C) groups is 1. The summed E-state index contributed by atoms with van der Waals surface area (Å²) in [6.07, 6.45) is 0. The Morgan fingerprint density at radius 1 is 1.03 bits per heavy atom. The number of nitrogens with zero attached hydrogens (tertiary/aromatic N) is 3. The van der Waals surface area contributed by atoms with Gasteiger partial charge in [0.15, 0.2) is 0 Å². The third-order valence-corrected chi connectivity index (χ3v) is 5.73. The fourth-order valence-corrected chi connectivity index (χ4v) is 3.80. The second-order valence-corrected chi connectivity index (χ2v) is 8.33. The fraction of sp³-hybridized carbons (Fsp3) is 0.217. The number of carbonyl (C=O) groups excluding carboxylic acids is 1. The number of thioether (sulfide) groups is 1. The maximum Gasteiger partial charge on any atom is 0.333 e. The van der Waals surface area contributed by atoms with Gasteiger partial charge in [-0.2, -0.15) is 0 Å². The van der Waals surface area contributed by atoms with Gasteiger partial charge in [-0.1, -0.05) is 41.6 Å². The van der Waals surface area contributed by atoms with E-state index in [0.717, 1.165) is 32.0 Å². The summed E-state index contributed by atoms with van der Waals surface area (Å²) < 4.78 is 1.86. The van der Waals surface area contributed by atoms with Crippen molar-refractivity contribution in [2.24, 2.45) is 19.1 Å². The van der Waals surface area contributed by atoms with Crippen LogP contribution in [0.5, 0.6) is 5.88 Å². The van der Waals surface area contributed by atoms with Crippen molar-refractivity contribution in [2.75, 3.05) is 11.1 Å². The van der Waals surface area contributed by atoms with Crippen molar-refractivity contribution in [1.82, 2.24) is 9.13 Å². The van der Waals surface area contributed by atoms with Gasteiger partial charge in [0.05, 0.1) is 11.4 Å². The fourth-order valence-electron chi connectivity index (χ4n) is 2.97. The van der Waals surface area contributed by atoms with Gasteiger partial charge in [0.25, 0.3) is 5.56 Å². The van der Waals surface area contributed by atoms with E-state index in [1.165, 1.54) is 14.1 Å². The van der Waals surface area contributed by atoms with Crippen LogP contribution in [0.2, 0.25) is 0 Å². The molecule has 3 rings (SSSR count). The molecule has 0 radical (unpaired) electrons. The molecule has 166 valence electrons. The van der Waals surface area contributed by atoms with Gasteiger partial charge in [-0.3, -0.25) is 18.7 Å². The van der Waals surface area contributed by atoms with Gasteiger partial charge in [-0.05, 0) is 43.7 Å². The summed E-state index contributed by atoms with van der Waals surface area (Å²) in [4.78, 5) is 42.0. The second-order valence-electron chi connectivity index (χ2n) is 7.36. The number of aromatic hydroxyl groups is 1. The molecule has 9 heteroatoms. The summed E-state index contributed by atoms with van der Waals surface area (Å²) in [5.74, 6) is -0.849. The van der Waals surface area contributed by atoms with Crippen molar-refractivity contribution in [3.63, 3.8) is 0 Å². The van der Waals surface area contributed by atoms with E-state index in [1.54, 1.807) is 18.2 Å². The first kappa shape index (κ1) is 23.1. The predicted molar refractivity (Wildman–Crippen MR) is 128 cm³/mol. The molecular weight excluding hydrogens is 428 g/mol. The normalized spacial score (nSPS) is 11.4. The number of nitrogens with one attached hydrogen (secondary N) is 1. The zero-order chi connectivity index (χ0) is 23.4. The number of benzene rings is 2. The van der Waals surface area contributed by atoms with E-state index in [2.05, 4.69) is 10.3 Å². The quantitative estimate of drug-likeness (QED) is 0.457. The van der Waals surface area contributed by atoms with E-state index in [0.29, 0.717) is 11.4 Å². The van der Waals surface area contributed by atoms with Crippen LogP contribution in [0.25, 0.3) is 0 Å². The molecule has 0 atom stereocenters. The van der Waals surface area contributed by atoms with Crippen LogP contribution in [-0.2, 0) is 18.9 Å². The maximum atomic E-state index is 12.8. The molecule has 0 spiro atoms. The molecule has 3 aromatic rings. The van der Waals surface area contributed by atoms with Crippen molar-refractivity contribution in [3.05, 3.63) is 86.1 Å². The van der Waals surface area contributed by atoms with E-state index >= 15 is 0 Å². The van der Waals surface area contributed by atoms with E-state index in [1.807, 2.05) is 44.2 Å². The molecule has 0 aliphatic rings. The molecule has 32 heavy (non-hydrogen) atoms. The topological polar surface area (TPSA) is 106 Å². The molecule has 0 bridgehead atoms. The van der Waals surface area contributed by atoms with Crippen LogP contribution in [0, 0.1) is 13.8 Å². The van der Waals surface area contributed by atoms with Crippen LogP contribution in [0.3, 0.4) is 0 Å². The molecular formula is C23H24N4O4S. The molecule has 2 N–H and O–H groups in total. The number of rotatable bonds is 5. The Labute approximate surface area is 189 Å². The molecule has 8 nitrogen and oxygen atoms in total. The lowest BCUT2D eigenvalue weighted by molar-refractivity contribution is -0.113. The molecule has 0 fully saturated rings. The standard InChI is InChI=1S/C23H24N4O4S/c1-14-8-10-16(11-9-14)25-20(19-21(29)26(3)23(31)27(4)22(19)30)32-13-18(28)24-17-7-5-6-15(2)12-17/h5-12,29H,13H2,1-4H3,(H,24,28). The molecule has 0 unspecified atom stereocenters. The average Bonchev–Trinajstić information content (AvgIpc) is 2.76. The van der Waals surface area contributed by atoms with Crippen LogP contribution in [0.15, 0.2) is 63.1 Å². The summed E-state index contributed by atoms with van der Waals surface area (Å²) in [7, 11) is 2.69. The summed E-state index contributed by atoms with van der Waals surface area (Å²) in [5.41, 5.74) is 1.77. The third kappa shape index (κ3) is 5.17. The molecule has 1 amide bonds. The van der Waals surface area contributed by atoms with Gasteiger partial charge in [0, 0.05) is 19.8 Å². The Morgan fingerprint density at radius 3 is 2.38 bits per heavy atom. The minimum Gasteiger partial charge on any atom is -0.494 e. The smallest absolute Gasteiger partial charge is 0.333 e. The Balaban J connectivity index is 1.97. The van der Waals surface area contributed by atoms with Crippen molar-refractivity contribution >= 4 is 34.1 Å². The monoisotopic (exact) mass is 452 g/mol. The summed E-state index contributed by atoms with van der Waals surface area (Å²) in [6, 6.07) is 14.7. The largest absolute Gasteiger partial charge is 0.494 e. The van der Waals surface area contributed by atoms with Crippen LogP contribution < -0.4 is 16.6 Å². The van der Waals surface area contributed by atoms with Gasteiger partial charge >= 0.3 is 5.69 Å². The van der Waals surface area contributed by atoms with E-state index in [-0.39, 0.29) is 22.3 Å². The summed E-state index contributed by atoms with van der Waals surface area (Å²) in [6.45, 7) is 3.86. The van der Waals surface area contributed by atoms with E-state index in [9.17, 15) is 19.5 Å². The molecule has 0 aliphatic heterocycles. The minimum absolute atomic E-state index is 0.0515. The Morgan fingerprint density at radius 2 is 1.72 bits per heavy atom. The SMILES string of the molecule is Cc1ccc(N=C(SCC(=O)Nc2cccc(C)c2)c2c(O)n(C)c(=O)n(C)c2=O)cc1. The van der Waals surface area contributed by atoms with Crippen LogP contribution in [0.4, 0.5) is 11.4 Å². The van der Waals surface area contributed by atoms with Gasteiger partial charge in [0.2, 0.25) is 11.8 Å². The second kappa shape index (κ2) is 9.69. The van der Waals surface area contributed by atoms with Gasteiger partial charge in [-0.15, -0.1) is 0 Å². The number of aromatic nitrogens is 2. The van der Waals surface area contributed by atoms with Crippen molar-refractivity contribution < 1.29 is 9.90 Å². The Hall–Kier alpha value is -3.59. The number of hydrogen-bond acceptors (Lipinski definition) is 6. The first-order valence-electron chi connectivity index (χ1n) is 9.81. The van der Waals surface area contributed by atoms with E-state index in [4.69, 9.17) is 0 Å². The average molecular weight is 453 g/mol. The number of carbonyl (C=O) groups is 1. The highest BCUT2D eigenvalue weighted by atomic mass is 32.2. The molecule has 0 saturated carbocycles. The van der Waals surface area contributed by atoms with E-state index < -0.39 is 17.1 Å². The summed E-state index contributed by atoms with van der Waals surface area (Å²) >= 11 is 1.01. The minimum atomic E-state index is -0.692. The predicted octanol–water partition coefficient (Wildman–Crippen LogP) is 2.86. The Bertz CT molecular complexity index is 1310. The van der Waals surface area contributed by atoms with Gasteiger partial charge in [0.1, 0.15) is 10.6 Å². The van der Waals surface area contributed by atoms with Gasteiger partial charge < -0.3 is 10.4 Å². The Kier molecular flexibility index (Phi) is 6.99. The van der Waals surface area contributed by atoms with Crippen LogP contribution in [0.1, 0.15) is 16.7 Å². The zero-order valence-electron chi connectivity index (χ0n) is 18.2. The lowest BCUT2D eigenvalue weighted by atomic mass is 10.2. The summed E-state index contributed by atoms with van der Waals surface area (Å²) in [5, 5.41) is 13.5. The molecule has 1 heterocycles. The third-order valence-electron chi connectivity index (χ3n) is 4.75. The molecule has 2 aromatic carbocycles. The van der Waals surface area contributed by atoms with Crippen LogP contribution >= 0.6 is 11.8 Å². The molecule has 0 saturated heterocycles. The lowest BCUT2D eigenvalue weighted by Gasteiger charge is -2.12. The van der Waals surface area contributed by atoms with Crippen LogP contribution in [-0.4, -0.2) is 30.9 Å². The number of amides is 1. The van der Waals surface area contributed by atoms with Crippen molar-refractivity contribution in [2.45, 2.75) is 13.8 Å². The number of aryl methyl sites for hydroxylation is 2. The highest BCUT2D eigenvalue weighted by Gasteiger charge is 2.22. The highest BCUT2D eigenvalue weighted by Crippen LogP contribution is 2.23. The first-order chi connectivity index (χ1) is 15.2. The lowest BCUT2D eigenvalue weighted by Crippen LogP contribution is -2.39. The van der Waals surface area contributed by atoms with Crippen molar-refractivity contribution in [3.8, 4) is 5.88 Å². The highest BCUT2D eigenvalue weighted by molar-refractivity contribution is 8.15. The maximum absolute atomic E-state index is 12.8. The molecule has 1 aromatic heterocycles. The first-order valence-corrected chi connectivity index (χ1v) is 10.8. The van der Waals surface area contributed by atoms with Gasteiger partial charge in [-0.25, -0.2) is 9.79 Å². The molecule has 0 aliphatic carbocycles. The van der Waals surface area contributed by atoms with Crippen molar-refractivity contribution in [1.29, 1.82) is 0 Å².